The van der Waals surface area contributed by atoms with Gasteiger partial charge in [-0.1, -0.05) is 0 Å². The number of rotatable bonds is 4. The third kappa shape index (κ3) is 3.18. The predicted octanol–water partition coefficient (Wildman–Crippen LogP) is 4.33. The third-order valence-electron chi connectivity index (χ3n) is 3.73. The van der Waals surface area contributed by atoms with Crippen molar-refractivity contribution in [3.8, 4) is 11.6 Å². The highest BCUT2D eigenvalue weighted by Gasteiger charge is 2.08. The molecule has 0 radical (unpaired) electrons. The summed E-state index contributed by atoms with van der Waals surface area (Å²) in [6.45, 7) is 0. The number of halogens is 1. The number of methoxy groups -OCH3 is 1. The number of nitrogens with one attached hydrogen (secondary N) is 1. The molecule has 0 amide bonds. The number of hydrogen-bond donors (Lipinski definition) is 1. The van der Waals surface area contributed by atoms with E-state index in [2.05, 4.69) is 36.2 Å². The van der Waals surface area contributed by atoms with Gasteiger partial charge < -0.3 is 10.1 Å². The number of ether oxygens (including phenoxy) is 1. The Morgan fingerprint density at radius 2 is 1.84 bits per heavy atom. The molecule has 3 aromatic heterocycles. The van der Waals surface area contributed by atoms with E-state index in [1.165, 1.54) is 0 Å². The zero-order chi connectivity index (χ0) is 17.2. The molecule has 0 aliphatic heterocycles. The van der Waals surface area contributed by atoms with Gasteiger partial charge in [0.05, 0.1) is 7.11 Å². The Bertz CT molecular complexity index is 1010. The van der Waals surface area contributed by atoms with Crippen molar-refractivity contribution < 1.29 is 4.74 Å². The van der Waals surface area contributed by atoms with Crippen LogP contribution in [0.2, 0.25) is 0 Å². The van der Waals surface area contributed by atoms with E-state index in [1.807, 2.05) is 53.2 Å². The van der Waals surface area contributed by atoms with Crippen LogP contribution in [-0.4, -0.2) is 26.6 Å². The van der Waals surface area contributed by atoms with Gasteiger partial charge in [0.25, 0.3) is 0 Å². The molecule has 1 N–H and O–H groups in total. The first-order chi connectivity index (χ1) is 12.2. The fourth-order valence-corrected chi connectivity index (χ4v) is 2.71. The van der Waals surface area contributed by atoms with Crippen molar-refractivity contribution in [2.45, 2.75) is 0 Å². The monoisotopic (exact) mass is 395 g/mol. The molecule has 3 heterocycles. The predicted molar refractivity (Wildman–Crippen MR) is 101 cm³/mol. The minimum atomic E-state index is 0.523. The van der Waals surface area contributed by atoms with Crippen LogP contribution in [0.3, 0.4) is 0 Å². The van der Waals surface area contributed by atoms with Gasteiger partial charge in [-0.2, -0.15) is 4.98 Å². The second kappa shape index (κ2) is 6.52. The Morgan fingerprint density at radius 3 is 2.56 bits per heavy atom. The Morgan fingerprint density at radius 1 is 1.00 bits per heavy atom. The van der Waals surface area contributed by atoms with Crippen molar-refractivity contribution in [3.63, 3.8) is 0 Å². The molecule has 0 spiro atoms. The van der Waals surface area contributed by atoms with Crippen LogP contribution in [0.25, 0.3) is 16.9 Å². The molecule has 1 aromatic carbocycles. The van der Waals surface area contributed by atoms with Crippen LogP contribution in [0.4, 0.5) is 11.6 Å². The topological polar surface area (TPSA) is 64.9 Å². The van der Waals surface area contributed by atoms with E-state index in [4.69, 9.17) is 4.74 Å². The molecule has 124 valence electrons. The zero-order valence-corrected chi connectivity index (χ0v) is 14.9. The number of benzene rings is 1. The zero-order valence-electron chi connectivity index (χ0n) is 13.3. The molecule has 0 saturated carbocycles. The van der Waals surface area contributed by atoms with E-state index in [-0.39, 0.29) is 0 Å². The molecule has 0 unspecified atom stereocenters. The number of aromatic nitrogens is 4. The molecule has 6 nitrogen and oxygen atoms in total. The van der Waals surface area contributed by atoms with Crippen LogP contribution < -0.4 is 10.1 Å². The van der Waals surface area contributed by atoms with E-state index >= 15 is 0 Å². The molecule has 7 heteroatoms. The van der Waals surface area contributed by atoms with Gasteiger partial charge in [-0.25, -0.2) is 9.97 Å². The lowest BCUT2D eigenvalue weighted by Gasteiger charge is -2.07. The quantitative estimate of drug-likeness (QED) is 0.556. The summed E-state index contributed by atoms with van der Waals surface area (Å²) >= 11 is 3.40. The van der Waals surface area contributed by atoms with Gasteiger partial charge >= 0.3 is 0 Å². The van der Waals surface area contributed by atoms with Crippen molar-refractivity contribution in [2.75, 3.05) is 12.4 Å². The van der Waals surface area contributed by atoms with Gasteiger partial charge in [0.1, 0.15) is 11.6 Å². The smallest absolute Gasteiger partial charge is 0.229 e. The minimum absolute atomic E-state index is 0.523. The lowest BCUT2D eigenvalue weighted by molar-refractivity contribution is 0.415. The van der Waals surface area contributed by atoms with E-state index in [9.17, 15) is 0 Å². The average Bonchev–Trinajstić information content (AvgIpc) is 3.06. The van der Waals surface area contributed by atoms with Gasteiger partial charge in [-0.15, -0.1) is 0 Å². The van der Waals surface area contributed by atoms with Crippen LogP contribution in [0.1, 0.15) is 0 Å². The molecule has 25 heavy (non-hydrogen) atoms. The highest BCUT2D eigenvalue weighted by Crippen LogP contribution is 2.22. The van der Waals surface area contributed by atoms with E-state index in [0.29, 0.717) is 5.95 Å². The summed E-state index contributed by atoms with van der Waals surface area (Å²) in [4.78, 5) is 13.4. The molecular weight excluding hydrogens is 382 g/mol. The summed E-state index contributed by atoms with van der Waals surface area (Å²) < 4.78 is 8.03. The second-order valence-corrected chi connectivity index (χ2v) is 6.26. The molecule has 0 fully saturated rings. The minimum Gasteiger partial charge on any atom is -0.497 e. The maximum absolute atomic E-state index is 5.17. The number of anilines is 2. The molecule has 0 aliphatic carbocycles. The van der Waals surface area contributed by atoms with Crippen molar-refractivity contribution in [3.05, 3.63) is 65.5 Å². The van der Waals surface area contributed by atoms with Crippen LogP contribution in [0.5, 0.6) is 5.75 Å². The number of nitrogens with zero attached hydrogens (tertiary/aromatic N) is 4. The maximum atomic E-state index is 5.17. The van der Waals surface area contributed by atoms with E-state index in [0.717, 1.165) is 32.8 Å². The standard InChI is InChI=1S/C18H14BrN5O/c1-25-15-5-3-14(4-6-15)22-18-21-10-12-8-9-24(17(12)23-18)16-7-2-13(19)11-20-16/h2-11H,1H3,(H,21,22,23). The molecule has 4 rings (SSSR count). The van der Waals surface area contributed by atoms with Crippen molar-refractivity contribution in [1.29, 1.82) is 0 Å². The second-order valence-electron chi connectivity index (χ2n) is 5.35. The highest BCUT2D eigenvalue weighted by molar-refractivity contribution is 9.10. The van der Waals surface area contributed by atoms with Crippen LogP contribution >= 0.6 is 15.9 Å². The molecule has 0 atom stereocenters. The molecule has 0 saturated heterocycles. The van der Waals surface area contributed by atoms with Gasteiger partial charge in [-0.05, 0) is 58.4 Å². The number of pyridine rings is 1. The molecular formula is C18H14BrN5O. The van der Waals surface area contributed by atoms with Crippen LogP contribution in [-0.2, 0) is 0 Å². The summed E-state index contributed by atoms with van der Waals surface area (Å²) in [6, 6.07) is 13.5. The lowest BCUT2D eigenvalue weighted by atomic mass is 10.3. The van der Waals surface area contributed by atoms with Crippen molar-refractivity contribution in [1.82, 2.24) is 19.5 Å². The van der Waals surface area contributed by atoms with Crippen molar-refractivity contribution in [2.24, 2.45) is 0 Å². The number of fused-ring (bicyclic) bond motifs is 1. The fourth-order valence-electron chi connectivity index (χ4n) is 2.48. The van der Waals surface area contributed by atoms with Gasteiger partial charge in [0.2, 0.25) is 5.95 Å². The first kappa shape index (κ1) is 15.6. The SMILES string of the molecule is COc1ccc(Nc2ncc3ccn(-c4ccc(Br)cn4)c3n2)cc1. The van der Waals surface area contributed by atoms with Gasteiger partial charge in [0, 0.05) is 34.1 Å². The highest BCUT2D eigenvalue weighted by atomic mass is 79.9. The van der Waals surface area contributed by atoms with E-state index in [1.54, 1.807) is 19.5 Å². The van der Waals surface area contributed by atoms with Crippen LogP contribution in [0.15, 0.2) is 65.5 Å². The lowest BCUT2D eigenvalue weighted by Crippen LogP contribution is -2.01. The summed E-state index contributed by atoms with van der Waals surface area (Å²) in [5.74, 6) is 2.12. The first-order valence-corrected chi connectivity index (χ1v) is 8.39. The third-order valence-corrected chi connectivity index (χ3v) is 4.20. The largest absolute Gasteiger partial charge is 0.497 e. The summed E-state index contributed by atoms with van der Waals surface area (Å²) in [5.41, 5.74) is 1.68. The summed E-state index contributed by atoms with van der Waals surface area (Å²) in [6.07, 6.45) is 5.50. The summed E-state index contributed by atoms with van der Waals surface area (Å²) in [5, 5.41) is 4.16. The Hall–Kier alpha value is -2.93. The number of hydrogen-bond acceptors (Lipinski definition) is 5. The molecule has 4 aromatic rings. The molecule has 0 aliphatic rings. The normalized spacial score (nSPS) is 10.8. The van der Waals surface area contributed by atoms with Gasteiger partial charge in [-0.3, -0.25) is 4.57 Å². The Kier molecular flexibility index (Phi) is 4.07. The summed E-state index contributed by atoms with van der Waals surface area (Å²) in [7, 11) is 1.64. The Labute approximate surface area is 152 Å². The fraction of sp³-hybridized carbons (Fsp3) is 0.0556. The Balaban J connectivity index is 1.68. The van der Waals surface area contributed by atoms with Crippen molar-refractivity contribution >= 4 is 38.6 Å². The first-order valence-electron chi connectivity index (χ1n) is 7.60. The molecule has 0 bridgehead atoms. The van der Waals surface area contributed by atoms with E-state index < -0.39 is 0 Å². The maximum Gasteiger partial charge on any atom is 0.229 e. The van der Waals surface area contributed by atoms with Gasteiger partial charge in [0.15, 0.2) is 5.65 Å². The van der Waals surface area contributed by atoms with Crippen LogP contribution in [0, 0.1) is 0 Å². The average molecular weight is 396 g/mol.